The van der Waals surface area contributed by atoms with Gasteiger partial charge in [-0.1, -0.05) is 13.8 Å². The molecule has 2 amide bonds. The third-order valence-corrected chi connectivity index (χ3v) is 2.89. The zero-order valence-corrected chi connectivity index (χ0v) is 11.2. The quantitative estimate of drug-likeness (QED) is 0.757. The molecule has 0 bridgehead atoms. The molecule has 1 aliphatic heterocycles. The van der Waals surface area contributed by atoms with Crippen LogP contribution in [0.15, 0.2) is 0 Å². The van der Waals surface area contributed by atoms with Gasteiger partial charge in [-0.3, -0.25) is 9.59 Å². The van der Waals surface area contributed by atoms with E-state index in [4.69, 9.17) is 0 Å². The average Bonchev–Trinajstić information content (AvgIpc) is 2.23. The second-order valence-electron chi connectivity index (χ2n) is 5.06. The highest BCUT2D eigenvalue weighted by molar-refractivity contribution is 5.87. The van der Waals surface area contributed by atoms with Crippen molar-refractivity contribution < 1.29 is 9.59 Å². The Morgan fingerprint density at radius 2 is 2.18 bits per heavy atom. The Balaban J connectivity index is 2.56. The maximum absolute atomic E-state index is 12.1. The number of hydrogen-bond donors (Lipinski definition) is 1. The van der Waals surface area contributed by atoms with E-state index in [1.54, 1.807) is 19.0 Å². The molecular weight excluding hydrogens is 218 g/mol. The standard InChI is InChI=1S/C12H23N3O2/c1-9(2)13-10-6-5-7-15(12(10)17)8-11(16)14(3)4/h9-10,13H,5-8H2,1-4H3. The normalized spacial score (nSPS) is 20.9. The van der Waals surface area contributed by atoms with Crippen LogP contribution < -0.4 is 5.32 Å². The van der Waals surface area contributed by atoms with Crippen LogP contribution in [0.3, 0.4) is 0 Å². The Bertz CT molecular complexity index is 289. The Morgan fingerprint density at radius 1 is 1.53 bits per heavy atom. The molecule has 1 N–H and O–H groups in total. The highest BCUT2D eigenvalue weighted by Crippen LogP contribution is 2.12. The molecule has 1 saturated heterocycles. The molecule has 1 unspecified atom stereocenters. The molecule has 5 heteroatoms. The Kier molecular flexibility index (Phi) is 4.93. The van der Waals surface area contributed by atoms with E-state index >= 15 is 0 Å². The average molecular weight is 241 g/mol. The summed E-state index contributed by atoms with van der Waals surface area (Å²) in [5.74, 6) is 0.0312. The fourth-order valence-corrected chi connectivity index (χ4v) is 1.96. The SMILES string of the molecule is CC(C)NC1CCCN(CC(=O)N(C)C)C1=O. The minimum atomic E-state index is -0.126. The molecule has 0 spiro atoms. The van der Waals surface area contributed by atoms with E-state index in [-0.39, 0.29) is 30.4 Å². The summed E-state index contributed by atoms with van der Waals surface area (Å²) in [4.78, 5) is 26.9. The van der Waals surface area contributed by atoms with Crippen LogP contribution >= 0.6 is 0 Å². The van der Waals surface area contributed by atoms with Crippen LogP contribution in [-0.4, -0.2) is 60.9 Å². The van der Waals surface area contributed by atoms with Gasteiger partial charge in [-0.15, -0.1) is 0 Å². The van der Waals surface area contributed by atoms with E-state index in [1.165, 1.54) is 4.90 Å². The van der Waals surface area contributed by atoms with Gasteiger partial charge in [0.25, 0.3) is 0 Å². The summed E-state index contributed by atoms with van der Waals surface area (Å²) in [5, 5.41) is 3.25. The van der Waals surface area contributed by atoms with E-state index in [0.717, 1.165) is 12.8 Å². The molecule has 0 aromatic heterocycles. The summed E-state index contributed by atoms with van der Waals surface area (Å²) < 4.78 is 0. The van der Waals surface area contributed by atoms with Crippen LogP contribution in [0.4, 0.5) is 0 Å². The summed E-state index contributed by atoms with van der Waals surface area (Å²) in [6.45, 7) is 4.94. The largest absolute Gasteiger partial charge is 0.347 e. The van der Waals surface area contributed by atoms with Crippen molar-refractivity contribution in [2.24, 2.45) is 0 Å². The van der Waals surface area contributed by atoms with Crippen LogP contribution in [0.5, 0.6) is 0 Å². The first-order valence-electron chi connectivity index (χ1n) is 6.16. The van der Waals surface area contributed by atoms with Crippen LogP contribution in [0, 0.1) is 0 Å². The lowest BCUT2D eigenvalue weighted by Crippen LogP contribution is -2.54. The molecule has 1 atom stereocenters. The van der Waals surface area contributed by atoms with Gasteiger partial charge in [0.05, 0.1) is 12.6 Å². The van der Waals surface area contributed by atoms with Crippen LogP contribution in [0.25, 0.3) is 0 Å². The monoisotopic (exact) mass is 241 g/mol. The van der Waals surface area contributed by atoms with Gasteiger partial charge in [-0.05, 0) is 12.8 Å². The van der Waals surface area contributed by atoms with Crippen molar-refractivity contribution in [2.75, 3.05) is 27.2 Å². The summed E-state index contributed by atoms with van der Waals surface area (Å²) in [5.41, 5.74) is 0. The van der Waals surface area contributed by atoms with Gasteiger partial charge in [0.2, 0.25) is 11.8 Å². The summed E-state index contributed by atoms with van der Waals surface area (Å²) in [7, 11) is 3.42. The van der Waals surface area contributed by atoms with Crippen molar-refractivity contribution in [3.63, 3.8) is 0 Å². The van der Waals surface area contributed by atoms with Crippen molar-refractivity contribution in [3.05, 3.63) is 0 Å². The lowest BCUT2D eigenvalue weighted by molar-refractivity contribution is -0.142. The number of carbonyl (C=O) groups is 2. The van der Waals surface area contributed by atoms with Crippen molar-refractivity contribution in [2.45, 2.75) is 38.8 Å². The van der Waals surface area contributed by atoms with E-state index < -0.39 is 0 Å². The molecule has 0 radical (unpaired) electrons. The van der Waals surface area contributed by atoms with Crippen molar-refractivity contribution in [1.29, 1.82) is 0 Å². The Labute approximate surface area is 103 Å². The molecule has 1 aliphatic rings. The highest BCUT2D eigenvalue weighted by atomic mass is 16.2. The van der Waals surface area contributed by atoms with Crippen LogP contribution in [0.1, 0.15) is 26.7 Å². The molecule has 17 heavy (non-hydrogen) atoms. The molecule has 1 heterocycles. The van der Waals surface area contributed by atoms with E-state index in [2.05, 4.69) is 5.32 Å². The Hall–Kier alpha value is -1.10. The first-order chi connectivity index (χ1) is 7.91. The first-order valence-corrected chi connectivity index (χ1v) is 6.16. The molecular formula is C12H23N3O2. The maximum atomic E-state index is 12.1. The van der Waals surface area contributed by atoms with Gasteiger partial charge < -0.3 is 15.1 Å². The molecule has 1 rings (SSSR count). The van der Waals surface area contributed by atoms with Gasteiger partial charge in [0, 0.05) is 26.7 Å². The van der Waals surface area contributed by atoms with Gasteiger partial charge in [0.1, 0.15) is 0 Å². The van der Waals surface area contributed by atoms with Crippen molar-refractivity contribution >= 4 is 11.8 Å². The third-order valence-electron chi connectivity index (χ3n) is 2.89. The summed E-state index contributed by atoms with van der Waals surface area (Å²) in [6, 6.07) is 0.159. The maximum Gasteiger partial charge on any atom is 0.241 e. The second kappa shape index (κ2) is 6.00. The molecule has 5 nitrogen and oxygen atoms in total. The number of hydrogen-bond acceptors (Lipinski definition) is 3. The lowest BCUT2D eigenvalue weighted by atomic mass is 10.0. The lowest BCUT2D eigenvalue weighted by Gasteiger charge is -2.33. The summed E-state index contributed by atoms with van der Waals surface area (Å²) >= 11 is 0. The molecule has 0 aromatic rings. The number of piperidine rings is 1. The molecule has 1 fully saturated rings. The van der Waals surface area contributed by atoms with Crippen LogP contribution in [0.2, 0.25) is 0 Å². The topological polar surface area (TPSA) is 52.7 Å². The zero-order valence-electron chi connectivity index (χ0n) is 11.2. The predicted molar refractivity (Wildman–Crippen MR) is 66.6 cm³/mol. The number of likely N-dealkylation sites (N-methyl/N-ethyl adjacent to an activating group) is 1. The highest BCUT2D eigenvalue weighted by Gasteiger charge is 2.30. The first kappa shape index (κ1) is 14.0. The van der Waals surface area contributed by atoms with E-state index in [9.17, 15) is 9.59 Å². The second-order valence-corrected chi connectivity index (χ2v) is 5.06. The third kappa shape index (κ3) is 4.00. The van der Waals surface area contributed by atoms with Gasteiger partial charge >= 0.3 is 0 Å². The molecule has 98 valence electrons. The molecule has 0 saturated carbocycles. The van der Waals surface area contributed by atoms with Gasteiger partial charge in [-0.25, -0.2) is 0 Å². The number of nitrogens with zero attached hydrogens (tertiary/aromatic N) is 2. The number of rotatable bonds is 4. The van der Waals surface area contributed by atoms with Crippen molar-refractivity contribution in [3.8, 4) is 0 Å². The Morgan fingerprint density at radius 3 is 2.71 bits per heavy atom. The minimum absolute atomic E-state index is 0.0245. The zero-order chi connectivity index (χ0) is 13.0. The van der Waals surface area contributed by atoms with Crippen LogP contribution in [-0.2, 0) is 9.59 Å². The van der Waals surface area contributed by atoms with Crippen molar-refractivity contribution in [1.82, 2.24) is 15.1 Å². The number of nitrogens with one attached hydrogen (secondary N) is 1. The van der Waals surface area contributed by atoms with E-state index in [1.807, 2.05) is 13.8 Å². The number of carbonyl (C=O) groups excluding carboxylic acids is 2. The minimum Gasteiger partial charge on any atom is -0.347 e. The van der Waals surface area contributed by atoms with Gasteiger partial charge in [0.15, 0.2) is 0 Å². The molecule has 0 aromatic carbocycles. The fourth-order valence-electron chi connectivity index (χ4n) is 1.96. The smallest absolute Gasteiger partial charge is 0.241 e. The molecule has 0 aliphatic carbocycles. The van der Waals surface area contributed by atoms with Gasteiger partial charge in [-0.2, -0.15) is 0 Å². The predicted octanol–water partition coefficient (Wildman–Crippen LogP) is 0.0636. The fraction of sp³-hybridized carbons (Fsp3) is 0.833. The van der Waals surface area contributed by atoms with E-state index in [0.29, 0.717) is 6.54 Å². The number of likely N-dealkylation sites (tertiary alicyclic amines) is 1. The summed E-state index contributed by atoms with van der Waals surface area (Å²) in [6.07, 6.45) is 1.82. The number of amides is 2.